The van der Waals surface area contributed by atoms with Crippen LogP contribution in [0.15, 0.2) is 192 Å². The van der Waals surface area contributed by atoms with Gasteiger partial charge in [-0.05, 0) is 77.9 Å². The molecule has 9 aromatic carbocycles. The molecule has 55 heavy (non-hydrogen) atoms. The molecule has 1 heterocycles. The second kappa shape index (κ2) is 12.2. The van der Waals surface area contributed by atoms with Gasteiger partial charge in [0, 0.05) is 33.1 Å². The summed E-state index contributed by atoms with van der Waals surface area (Å²) in [5.74, 6) is -0.0813. The SMILES string of the molecule is CC1(C)c2ccccc2-c2ccc(C(c3ccc4ccccc4c3)c3ccc(-c4ccccc4)c4c3oc3c5ccccc5c(-c5ccccc5)cc34)cc21. The molecule has 11 rings (SSSR count). The van der Waals surface area contributed by atoms with E-state index in [9.17, 15) is 0 Å². The summed E-state index contributed by atoms with van der Waals surface area (Å²) in [6.45, 7) is 4.74. The fraction of sp³-hybridized carbons (Fsp3) is 0.0741. The molecule has 1 aliphatic rings. The molecule has 260 valence electrons. The van der Waals surface area contributed by atoms with Crippen molar-refractivity contribution in [2.75, 3.05) is 0 Å². The van der Waals surface area contributed by atoms with Crippen molar-refractivity contribution in [2.45, 2.75) is 25.2 Å². The molecule has 0 spiro atoms. The molecule has 0 saturated heterocycles. The highest BCUT2D eigenvalue weighted by atomic mass is 16.3. The molecule has 0 N–H and O–H groups in total. The molecule has 0 radical (unpaired) electrons. The van der Waals surface area contributed by atoms with Gasteiger partial charge in [-0.2, -0.15) is 0 Å². The maximum Gasteiger partial charge on any atom is 0.143 e. The fourth-order valence-corrected chi connectivity index (χ4v) is 9.51. The van der Waals surface area contributed by atoms with Gasteiger partial charge in [0.2, 0.25) is 0 Å². The van der Waals surface area contributed by atoms with Gasteiger partial charge in [-0.1, -0.05) is 196 Å². The van der Waals surface area contributed by atoms with Crippen molar-refractivity contribution < 1.29 is 4.42 Å². The van der Waals surface area contributed by atoms with Gasteiger partial charge in [-0.15, -0.1) is 0 Å². The van der Waals surface area contributed by atoms with Crippen molar-refractivity contribution in [3.8, 4) is 33.4 Å². The molecular weight excluding hydrogens is 665 g/mol. The minimum absolute atomic E-state index is 0.0813. The van der Waals surface area contributed by atoms with Crippen LogP contribution in [0.25, 0.3) is 76.9 Å². The third-order valence-electron chi connectivity index (χ3n) is 12.2. The lowest BCUT2D eigenvalue weighted by atomic mass is 9.78. The van der Waals surface area contributed by atoms with Crippen molar-refractivity contribution in [1.82, 2.24) is 0 Å². The molecular formula is C54H38O. The number of rotatable bonds is 5. The minimum Gasteiger partial charge on any atom is -0.455 e. The zero-order valence-corrected chi connectivity index (χ0v) is 30.9. The average molecular weight is 703 g/mol. The largest absolute Gasteiger partial charge is 0.455 e. The lowest BCUT2D eigenvalue weighted by Gasteiger charge is -2.25. The quantitative estimate of drug-likeness (QED) is 0.163. The normalized spacial score (nSPS) is 13.7. The first kappa shape index (κ1) is 31.8. The van der Waals surface area contributed by atoms with E-state index in [4.69, 9.17) is 4.42 Å². The molecule has 1 aliphatic carbocycles. The minimum atomic E-state index is -0.117. The second-order valence-corrected chi connectivity index (χ2v) is 15.6. The van der Waals surface area contributed by atoms with Gasteiger partial charge >= 0.3 is 0 Å². The number of fused-ring (bicyclic) bond motifs is 9. The first-order chi connectivity index (χ1) is 27.0. The Morgan fingerprint density at radius 2 is 1.00 bits per heavy atom. The van der Waals surface area contributed by atoms with E-state index in [2.05, 4.69) is 202 Å². The summed E-state index contributed by atoms with van der Waals surface area (Å²) in [6, 6.07) is 69.1. The van der Waals surface area contributed by atoms with Gasteiger partial charge in [0.05, 0.1) is 0 Å². The van der Waals surface area contributed by atoms with Gasteiger partial charge < -0.3 is 4.42 Å². The molecule has 1 atom stereocenters. The van der Waals surface area contributed by atoms with Crippen LogP contribution in [0.1, 0.15) is 47.6 Å². The topological polar surface area (TPSA) is 13.1 Å². The first-order valence-electron chi connectivity index (χ1n) is 19.3. The van der Waals surface area contributed by atoms with E-state index in [1.807, 2.05) is 0 Å². The molecule has 1 heteroatoms. The van der Waals surface area contributed by atoms with Crippen LogP contribution in [-0.2, 0) is 5.41 Å². The third-order valence-corrected chi connectivity index (χ3v) is 12.2. The Hall–Kier alpha value is -6.70. The third kappa shape index (κ3) is 4.86. The maximum absolute atomic E-state index is 7.35. The molecule has 0 bridgehead atoms. The second-order valence-electron chi connectivity index (χ2n) is 15.6. The molecule has 1 aromatic heterocycles. The molecule has 10 aromatic rings. The molecule has 1 nitrogen and oxygen atoms in total. The van der Waals surface area contributed by atoms with E-state index in [0.29, 0.717) is 0 Å². The van der Waals surface area contributed by atoms with Gasteiger partial charge in [0.25, 0.3) is 0 Å². The smallest absolute Gasteiger partial charge is 0.143 e. The lowest BCUT2D eigenvalue weighted by molar-refractivity contribution is 0.657. The standard InChI is InChI=1S/C54H38O/c1-54(2)48-24-14-13-22-42(48)43-28-27-39(32-49(43)54)50(38-26-25-34-15-9-10-20-37(34)31-38)45-30-29-40(35-16-5-3-6-17-35)51-47-33-46(36-18-7-4-8-19-36)41-21-11-12-23-44(41)52(47)55-53(45)51/h3-33,50H,1-2H3. The predicted octanol–water partition coefficient (Wildman–Crippen LogP) is 14.7. The number of benzene rings is 9. The van der Waals surface area contributed by atoms with Crippen molar-refractivity contribution in [2.24, 2.45) is 0 Å². The van der Waals surface area contributed by atoms with Gasteiger partial charge in [-0.25, -0.2) is 0 Å². The van der Waals surface area contributed by atoms with E-state index in [0.717, 1.165) is 27.3 Å². The van der Waals surface area contributed by atoms with Gasteiger partial charge in [-0.3, -0.25) is 0 Å². The van der Waals surface area contributed by atoms with E-state index >= 15 is 0 Å². The Labute approximate surface area is 321 Å². The van der Waals surface area contributed by atoms with Crippen molar-refractivity contribution >= 4 is 43.5 Å². The highest BCUT2D eigenvalue weighted by Crippen LogP contribution is 2.51. The van der Waals surface area contributed by atoms with E-state index in [1.165, 1.54) is 77.4 Å². The van der Waals surface area contributed by atoms with Crippen molar-refractivity contribution in [1.29, 1.82) is 0 Å². The Bertz CT molecular complexity index is 3110. The van der Waals surface area contributed by atoms with Gasteiger partial charge in [0.1, 0.15) is 11.2 Å². The Morgan fingerprint density at radius 3 is 1.80 bits per heavy atom. The summed E-state index contributed by atoms with van der Waals surface area (Å²) in [6.07, 6.45) is 0. The van der Waals surface area contributed by atoms with Crippen LogP contribution >= 0.6 is 0 Å². The van der Waals surface area contributed by atoms with E-state index in [-0.39, 0.29) is 11.3 Å². The first-order valence-corrected chi connectivity index (χ1v) is 19.3. The summed E-state index contributed by atoms with van der Waals surface area (Å²) in [4.78, 5) is 0. The van der Waals surface area contributed by atoms with Crippen LogP contribution < -0.4 is 0 Å². The summed E-state index contributed by atoms with van der Waals surface area (Å²) >= 11 is 0. The number of hydrogen-bond donors (Lipinski definition) is 0. The van der Waals surface area contributed by atoms with E-state index in [1.54, 1.807) is 0 Å². The molecule has 0 fully saturated rings. The van der Waals surface area contributed by atoms with E-state index < -0.39 is 0 Å². The van der Waals surface area contributed by atoms with Crippen LogP contribution in [0.2, 0.25) is 0 Å². The summed E-state index contributed by atoms with van der Waals surface area (Å²) in [5.41, 5.74) is 15.6. The monoisotopic (exact) mass is 702 g/mol. The van der Waals surface area contributed by atoms with Crippen LogP contribution in [0.4, 0.5) is 0 Å². The molecule has 0 aliphatic heterocycles. The zero-order valence-electron chi connectivity index (χ0n) is 30.9. The fourth-order valence-electron chi connectivity index (χ4n) is 9.51. The highest BCUT2D eigenvalue weighted by molar-refractivity contribution is 6.22. The van der Waals surface area contributed by atoms with Crippen molar-refractivity contribution in [3.05, 3.63) is 216 Å². The van der Waals surface area contributed by atoms with Crippen LogP contribution in [0.3, 0.4) is 0 Å². The van der Waals surface area contributed by atoms with Crippen LogP contribution in [0.5, 0.6) is 0 Å². The summed E-state index contributed by atoms with van der Waals surface area (Å²) in [5, 5.41) is 7.08. The lowest BCUT2D eigenvalue weighted by Crippen LogP contribution is -2.15. The van der Waals surface area contributed by atoms with Crippen LogP contribution in [0, 0.1) is 0 Å². The molecule has 1 unspecified atom stereocenters. The number of furan rings is 1. The summed E-state index contributed by atoms with van der Waals surface area (Å²) in [7, 11) is 0. The molecule has 0 amide bonds. The Morgan fingerprint density at radius 1 is 0.400 bits per heavy atom. The summed E-state index contributed by atoms with van der Waals surface area (Å²) < 4.78 is 7.35. The maximum atomic E-state index is 7.35. The Balaban J connectivity index is 1.24. The Kier molecular flexibility index (Phi) is 7.03. The molecule has 0 saturated carbocycles. The zero-order chi connectivity index (χ0) is 36.7. The number of hydrogen-bond acceptors (Lipinski definition) is 1. The highest BCUT2D eigenvalue weighted by Gasteiger charge is 2.36. The predicted molar refractivity (Wildman–Crippen MR) is 231 cm³/mol. The average Bonchev–Trinajstić information content (AvgIpc) is 3.74. The van der Waals surface area contributed by atoms with Crippen molar-refractivity contribution in [3.63, 3.8) is 0 Å². The van der Waals surface area contributed by atoms with Gasteiger partial charge in [0.15, 0.2) is 0 Å². The van der Waals surface area contributed by atoms with Crippen LogP contribution in [-0.4, -0.2) is 0 Å².